The van der Waals surface area contributed by atoms with Gasteiger partial charge in [0.1, 0.15) is 0 Å². The summed E-state index contributed by atoms with van der Waals surface area (Å²) in [5.74, 6) is 0.412. The maximum atomic E-state index is 9.29. The lowest BCUT2D eigenvalue weighted by atomic mass is 9.82. The molecule has 0 amide bonds. The Bertz CT molecular complexity index is 92.2. The molecule has 0 radical (unpaired) electrons. The number of hydrogen-bond donors (Lipinski definition) is 3. The van der Waals surface area contributed by atoms with E-state index < -0.39 is 0 Å². The predicted molar refractivity (Wildman–Crippen MR) is 40.4 cm³/mol. The zero-order chi connectivity index (χ0) is 7.72. The van der Waals surface area contributed by atoms with Gasteiger partial charge < -0.3 is 16.6 Å². The lowest BCUT2D eigenvalue weighted by Crippen LogP contribution is -2.49. The fourth-order valence-corrected chi connectivity index (χ4v) is 1.43. The molecular weight excluding hydrogens is 128 g/mol. The van der Waals surface area contributed by atoms with E-state index in [4.69, 9.17) is 11.5 Å². The lowest BCUT2D eigenvalue weighted by Gasteiger charge is -2.33. The molecule has 0 bridgehead atoms. The van der Waals surface area contributed by atoms with Gasteiger partial charge in [-0.25, -0.2) is 0 Å². The lowest BCUT2D eigenvalue weighted by molar-refractivity contribution is 0.0758. The molecule has 0 aromatic rings. The molecule has 60 valence electrons. The first-order valence-electron chi connectivity index (χ1n) is 3.80. The predicted octanol–water partition coefficient (Wildman–Crippen LogP) is -0.568. The molecule has 1 rings (SSSR count). The van der Waals surface area contributed by atoms with E-state index in [0.29, 0.717) is 5.92 Å². The van der Waals surface area contributed by atoms with Crippen LogP contribution in [0, 0.1) is 5.92 Å². The highest BCUT2D eigenvalue weighted by Crippen LogP contribution is 2.21. The number of hydrogen-bond acceptors (Lipinski definition) is 3. The minimum absolute atomic E-state index is 0.105. The van der Waals surface area contributed by atoms with E-state index in [1.54, 1.807) is 0 Å². The Balaban J connectivity index is 2.46. The standard InChI is InChI=1S/C7H16N2O/c1-4-2-7(10)6(9)3-5(4)8/h4-7,10H,2-3,8-9H2,1H3. The summed E-state index contributed by atoms with van der Waals surface area (Å²) in [6, 6.07) is 0.0737. The molecule has 3 nitrogen and oxygen atoms in total. The molecule has 0 spiro atoms. The van der Waals surface area contributed by atoms with Gasteiger partial charge in [0.25, 0.3) is 0 Å². The molecule has 0 aliphatic heterocycles. The topological polar surface area (TPSA) is 72.3 Å². The van der Waals surface area contributed by atoms with Crippen LogP contribution in [0.2, 0.25) is 0 Å². The van der Waals surface area contributed by atoms with Crippen molar-refractivity contribution in [3.63, 3.8) is 0 Å². The van der Waals surface area contributed by atoms with Crippen molar-refractivity contribution in [1.29, 1.82) is 0 Å². The Labute approximate surface area is 61.4 Å². The molecule has 1 aliphatic carbocycles. The smallest absolute Gasteiger partial charge is 0.0694 e. The van der Waals surface area contributed by atoms with Crippen LogP contribution in [0.25, 0.3) is 0 Å². The highest BCUT2D eigenvalue weighted by atomic mass is 16.3. The number of nitrogens with two attached hydrogens (primary N) is 2. The molecule has 4 atom stereocenters. The summed E-state index contributed by atoms with van der Waals surface area (Å²) < 4.78 is 0. The molecule has 3 heteroatoms. The van der Waals surface area contributed by atoms with Crippen LogP contribution >= 0.6 is 0 Å². The third kappa shape index (κ3) is 1.48. The zero-order valence-corrected chi connectivity index (χ0v) is 6.33. The first kappa shape index (κ1) is 7.98. The van der Waals surface area contributed by atoms with E-state index in [0.717, 1.165) is 12.8 Å². The Morgan fingerprint density at radius 3 is 2.30 bits per heavy atom. The summed E-state index contributed by atoms with van der Waals surface area (Å²) in [6.07, 6.45) is 1.17. The van der Waals surface area contributed by atoms with Gasteiger partial charge in [-0.1, -0.05) is 6.92 Å². The van der Waals surface area contributed by atoms with E-state index >= 15 is 0 Å². The average molecular weight is 144 g/mol. The SMILES string of the molecule is CC1CC(O)C(N)CC1N. The van der Waals surface area contributed by atoms with Gasteiger partial charge in [-0.15, -0.1) is 0 Å². The minimum atomic E-state index is -0.338. The Morgan fingerprint density at radius 1 is 1.20 bits per heavy atom. The van der Waals surface area contributed by atoms with Gasteiger partial charge in [0.05, 0.1) is 6.10 Å². The van der Waals surface area contributed by atoms with Gasteiger partial charge >= 0.3 is 0 Å². The van der Waals surface area contributed by atoms with E-state index in [2.05, 4.69) is 6.92 Å². The van der Waals surface area contributed by atoms with E-state index in [1.807, 2.05) is 0 Å². The second-order valence-electron chi connectivity index (χ2n) is 3.34. The maximum absolute atomic E-state index is 9.29. The fourth-order valence-electron chi connectivity index (χ4n) is 1.43. The van der Waals surface area contributed by atoms with Gasteiger partial charge in [-0.3, -0.25) is 0 Å². The normalized spacial score (nSPS) is 49.2. The number of rotatable bonds is 0. The third-order valence-corrected chi connectivity index (χ3v) is 2.38. The summed E-state index contributed by atoms with van der Waals surface area (Å²) in [4.78, 5) is 0. The molecule has 0 aromatic heterocycles. The monoisotopic (exact) mass is 144 g/mol. The molecule has 4 unspecified atom stereocenters. The van der Waals surface area contributed by atoms with Crippen molar-refractivity contribution < 1.29 is 5.11 Å². The van der Waals surface area contributed by atoms with Gasteiger partial charge in [0.2, 0.25) is 0 Å². The first-order valence-corrected chi connectivity index (χ1v) is 3.80. The van der Waals surface area contributed by atoms with Crippen molar-refractivity contribution in [2.45, 2.75) is 38.0 Å². The summed E-state index contributed by atoms with van der Waals surface area (Å²) in [5, 5.41) is 9.29. The van der Waals surface area contributed by atoms with Crippen molar-refractivity contribution in [2.75, 3.05) is 0 Å². The summed E-state index contributed by atoms with van der Waals surface area (Å²) in [6.45, 7) is 2.06. The van der Waals surface area contributed by atoms with Gasteiger partial charge in [-0.05, 0) is 18.8 Å². The van der Waals surface area contributed by atoms with Crippen LogP contribution in [0.1, 0.15) is 19.8 Å². The van der Waals surface area contributed by atoms with E-state index in [9.17, 15) is 5.11 Å². The largest absolute Gasteiger partial charge is 0.392 e. The van der Waals surface area contributed by atoms with Crippen molar-refractivity contribution in [3.05, 3.63) is 0 Å². The highest BCUT2D eigenvalue weighted by molar-refractivity contribution is 4.87. The minimum Gasteiger partial charge on any atom is -0.392 e. The number of aliphatic hydroxyl groups is 1. The van der Waals surface area contributed by atoms with Gasteiger partial charge in [0, 0.05) is 12.1 Å². The third-order valence-electron chi connectivity index (χ3n) is 2.38. The second kappa shape index (κ2) is 2.86. The molecule has 0 heterocycles. The summed E-state index contributed by atoms with van der Waals surface area (Å²) in [7, 11) is 0. The van der Waals surface area contributed by atoms with Gasteiger partial charge in [0.15, 0.2) is 0 Å². The number of aliphatic hydroxyl groups excluding tert-OH is 1. The quantitative estimate of drug-likeness (QED) is 0.426. The molecular formula is C7H16N2O. The highest BCUT2D eigenvalue weighted by Gasteiger charge is 2.29. The first-order chi connectivity index (χ1) is 4.61. The average Bonchev–Trinajstić information content (AvgIpc) is 1.84. The molecule has 1 aliphatic rings. The Kier molecular flexibility index (Phi) is 2.28. The summed E-state index contributed by atoms with van der Waals surface area (Å²) >= 11 is 0. The van der Waals surface area contributed by atoms with Crippen LogP contribution in [-0.2, 0) is 0 Å². The van der Waals surface area contributed by atoms with E-state index in [-0.39, 0.29) is 18.2 Å². The molecule has 10 heavy (non-hydrogen) atoms. The Morgan fingerprint density at radius 2 is 1.80 bits per heavy atom. The van der Waals surface area contributed by atoms with Crippen LogP contribution < -0.4 is 11.5 Å². The second-order valence-corrected chi connectivity index (χ2v) is 3.34. The van der Waals surface area contributed by atoms with Crippen LogP contribution in [0.5, 0.6) is 0 Å². The molecule has 1 fully saturated rings. The summed E-state index contributed by atoms with van der Waals surface area (Å²) in [5.41, 5.74) is 11.3. The van der Waals surface area contributed by atoms with Crippen molar-refractivity contribution >= 4 is 0 Å². The van der Waals surface area contributed by atoms with Crippen LogP contribution in [0.15, 0.2) is 0 Å². The zero-order valence-electron chi connectivity index (χ0n) is 6.33. The van der Waals surface area contributed by atoms with Gasteiger partial charge in [-0.2, -0.15) is 0 Å². The molecule has 0 saturated heterocycles. The molecule has 0 aromatic carbocycles. The van der Waals surface area contributed by atoms with Crippen molar-refractivity contribution in [1.82, 2.24) is 0 Å². The maximum Gasteiger partial charge on any atom is 0.0694 e. The fraction of sp³-hybridized carbons (Fsp3) is 1.00. The molecule has 1 saturated carbocycles. The Hall–Kier alpha value is -0.120. The van der Waals surface area contributed by atoms with E-state index in [1.165, 1.54) is 0 Å². The molecule has 5 N–H and O–H groups in total. The van der Waals surface area contributed by atoms with Crippen molar-refractivity contribution in [3.8, 4) is 0 Å². The van der Waals surface area contributed by atoms with Crippen molar-refractivity contribution in [2.24, 2.45) is 17.4 Å². The van der Waals surface area contributed by atoms with Crippen LogP contribution in [0.3, 0.4) is 0 Å². The van der Waals surface area contributed by atoms with Crippen LogP contribution in [-0.4, -0.2) is 23.3 Å². The van der Waals surface area contributed by atoms with Crippen LogP contribution in [0.4, 0.5) is 0 Å².